The van der Waals surface area contributed by atoms with E-state index < -0.39 is 0 Å². The maximum absolute atomic E-state index is 13.2. The van der Waals surface area contributed by atoms with Gasteiger partial charge in [0, 0.05) is 55.6 Å². The zero-order chi connectivity index (χ0) is 19.8. The molecular formula is C23H24N4O2. The van der Waals surface area contributed by atoms with Crippen molar-refractivity contribution in [3.05, 3.63) is 60.1 Å². The van der Waals surface area contributed by atoms with Crippen LogP contribution >= 0.6 is 0 Å². The molecule has 5 rings (SSSR count). The van der Waals surface area contributed by atoms with Gasteiger partial charge in [-0.1, -0.05) is 24.3 Å². The molecule has 0 bridgehead atoms. The molecule has 1 fully saturated rings. The fraction of sp³-hybridized carbons (Fsp3) is 0.348. The lowest BCUT2D eigenvalue weighted by molar-refractivity contribution is -0.139. The third kappa shape index (κ3) is 3.28. The maximum Gasteiger partial charge on any atom is 0.226 e. The molecule has 1 aliphatic heterocycles. The number of pyridine rings is 1. The third-order valence-corrected chi connectivity index (χ3v) is 6.04. The molecule has 2 aliphatic carbocycles. The van der Waals surface area contributed by atoms with Crippen molar-refractivity contribution in [2.24, 2.45) is 5.92 Å². The van der Waals surface area contributed by atoms with Gasteiger partial charge >= 0.3 is 0 Å². The Hall–Kier alpha value is -3.15. The molecule has 0 radical (unpaired) electrons. The number of nitrogens with one attached hydrogen (secondary N) is 2. The Morgan fingerprint density at radius 3 is 2.69 bits per heavy atom. The van der Waals surface area contributed by atoms with Gasteiger partial charge in [0.05, 0.1) is 22.9 Å². The number of likely N-dealkylation sites (tertiary alicyclic amines) is 1. The van der Waals surface area contributed by atoms with Gasteiger partial charge in [-0.15, -0.1) is 0 Å². The highest BCUT2D eigenvalue weighted by Crippen LogP contribution is 2.39. The first-order chi connectivity index (χ1) is 14.2. The molecule has 2 atom stereocenters. The summed E-state index contributed by atoms with van der Waals surface area (Å²) in [6, 6.07) is 4.01. The summed E-state index contributed by atoms with van der Waals surface area (Å²) in [6.45, 7) is 1.63. The second-order valence-electron chi connectivity index (χ2n) is 7.97. The van der Waals surface area contributed by atoms with E-state index in [0.29, 0.717) is 12.0 Å². The number of rotatable bonds is 4. The minimum Gasteiger partial charge on any atom is -0.376 e. The molecule has 2 aromatic rings. The van der Waals surface area contributed by atoms with Crippen molar-refractivity contribution in [2.75, 3.05) is 18.4 Å². The van der Waals surface area contributed by atoms with Gasteiger partial charge in [-0.05, 0) is 25.0 Å². The average molecular weight is 388 g/mol. The topological polar surface area (TPSA) is 78.1 Å². The van der Waals surface area contributed by atoms with Crippen molar-refractivity contribution < 1.29 is 9.59 Å². The molecule has 29 heavy (non-hydrogen) atoms. The third-order valence-electron chi connectivity index (χ3n) is 6.04. The summed E-state index contributed by atoms with van der Waals surface area (Å²) in [5.41, 5.74) is 4.30. The summed E-state index contributed by atoms with van der Waals surface area (Å²) in [6.07, 6.45) is 14.6. The number of Topliss-reactive ketones (excluding diaryl/α,β-unsaturated/α-hetero) is 1. The van der Waals surface area contributed by atoms with E-state index in [2.05, 4.69) is 27.4 Å². The number of carbonyl (C=O) groups is 2. The van der Waals surface area contributed by atoms with Crippen molar-refractivity contribution in [1.29, 1.82) is 0 Å². The number of hydrogen-bond acceptors (Lipinski definition) is 4. The Balaban J connectivity index is 1.52. The zero-order valence-electron chi connectivity index (χ0n) is 16.2. The van der Waals surface area contributed by atoms with Crippen LogP contribution in [-0.4, -0.2) is 45.7 Å². The van der Waals surface area contributed by atoms with Gasteiger partial charge in [-0.25, -0.2) is 0 Å². The molecule has 6 heteroatoms. The van der Waals surface area contributed by atoms with E-state index in [1.165, 1.54) is 0 Å². The van der Waals surface area contributed by atoms with Gasteiger partial charge < -0.3 is 15.2 Å². The average Bonchev–Trinajstić information content (AvgIpc) is 3.07. The number of carbonyl (C=O) groups excluding carboxylic acids is 2. The molecule has 3 aliphatic rings. The Morgan fingerprint density at radius 2 is 2.00 bits per heavy atom. The molecule has 0 aromatic carbocycles. The Bertz CT molecular complexity index is 1000. The lowest BCUT2D eigenvalue weighted by Gasteiger charge is -2.35. The number of fused-ring (bicyclic) bond motifs is 1. The van der Waals surface area contributed by atoms with E-state index in [-0.39, 0.29) is 30.1 Å². The van der Waals surface area contributed by atoms with Crippen LogP contribution in [0.4, 0.5) is 5.69 Å². The molecule has 2 aromatic heterocycles. The summed E-state index contributed by atoms with van der Waals surface area (Å²) in [7, 11) is 0. The van der Waals surface area contributed by atoms with E-state index in [1.807, 2.05) is 29.2 Å². The number of hydrogen-bond donors (Lipinski definition) is 2. The number of nitrogens with zero attached hydrogens (tertiary/aromatic N) is 2. The first kappa shape index (κ1) is 17.9. The number of aromatic nitrogens is 2. The predicted molar refractivity (Wildman–Crippen MR) is 112 cm³/mol. The highest BCUT2D eigenvalue weighted by atomic mass is 16.2. The Morgan fingerprint density at radius 1 is 1.17 bits per heavy atom. The summed E-state index contributed by atoms with van der Waals surface area (Å²) in [5, 5.41) is 3.57. The van der Waals surface area contributed by atoms with Crippen LogP contribution in [0.2, 0.25) is 0 Å². The number of amides is 1. The SMILES string of the molecule is O=C1CC(C(=O)N2CCC2)Cc2[nH]c(-c3ccncc3)c(NC3C=CC=CC3)c21. The zero-order valence-corrected chi connectivity index (χ0v) is 16.2. The fourth-order valence-corrected chi connectivity index (χ4v) is 4.38. The summed E-state index contributed by atoms with van der Waals surface area (Å²) < 4.78 is 0. The summed E-state index contributed by atoms with van der Waals surface area (Å²) in [4.78, 5) is 35.4. The van der Waals surface area contributed by atoms with Crippen LogP contribution < -0.4 is 5.32 Å². The summed E-state index contributed by atoms with van der Waals surface area (Å²) >= 11 is 0. The minimum atomic E-state index is -0.260. The molecule has 0 saturated carbocycles. The maximum atomic E-state index is 13.2. The number of aromatic amines is 1. The first-order valence-electron chi connectivity index (χ1n) is 10.3. The van der Waals surface area contributed by atoms with E-state index in [0.717, 1.165) is 48.6 Å². The van der Waals surface area contributed by atoms with Crippen LogP contribution in [0.25, 0.3) is 11.3 Å². The van der Waals surface area contributed by atoms with Crippen LogP contribution in [0.5, 0.6) is 0 Å². The molecule has 1 amide bonds. The molecule has 148 valence electrons. The number of ketones is 1. The molecule has 6 nitrogen and oxygen atoms in total. The highest BCUT2D eigenvalue weighted by Gasteiger charge is 2.37. The minimum absolute atomic E-state index is 0.0412. The molecule has 2 unspecified atom stereocenters. The Labute approximate surface area is 169 Å². The summed E-state index contributed by atoms with van der Waals surface area (Å²) in [5.74, 6) is -0.103. The van der Waals surface area contributed by atoms with Gasteiger partial charge in [-0.3, -0.25) is 14.6 Å². The van der Waals surface area contributed by atoms with E-state index in [4.69, 9.17) is 0 Å². The van der Waals surface area contributed by atoms with Gasteiger partial charge in [0.25, 0.3) is 0 Å². The number of allylic oxidation sites excluding steroid dienone is 2. The smallest absolute Gasteiger partial charge is 0.226 e. The fourth-order valence-electron chi connectivity index (χ4n) is 4.38. The molecule has 3 heterocycles. The standard InChI is InChI=1S/C23H24N4O2/c28-19-14-16(23(29)27-11-4-12-27)13-18-20(19)22(25-17-5-2-1-3-6-17)21(26-18)15-7-9-24-10-8-15/h1-3,5,7-10,16-17,25-26H,4,6,11-14H2. The molecule has 0 spiro atoms. The van der Waals surface area contributed by atoms with Crippen LogP contribution in [-0.2, 0) is 11.2 Å². The van der Waals surface area contributed by atoms with Crippen LogP contribution in [0.3, 0.4) is 0 Å². The van der Waals surface area contributed by atoms with Crippen molar-refractivity contribution in [3.8, 4) is 11.3 Å². The predicted octanol–water partition coefficient (Wildman–Crippen LogP) is 3.35. The van der Waals surface area contributed by atoms with Gasteiger partial charge in [0.15, 0.2) is 5.78 Å². The lowest BCUT2D eigenvalue weighted by atomic mass is 9.84. The van der Waals surface area contributed by atoms with Crippen molar-refractivity contribution in [2.45, 2.75) is 31.7 Å². The molecule has 1 saturated heterocycles. The van der Waals surface area contributed by atoms with E-state index >= 15 is 0 Å². The first-order valence-corrected chi connectivity index (χ1v) is 10.3. The monoisotopic (exact) mass is 388 g/mol. The Kier molecular flexibility index (Phi) is 4.54. The number of H-pyrrole nitrogens is 1. The van der Waals surface area contributed by atoms with E-state index in [1.54, 1.807) is 12.4 Å². The highest BCUT2D eigenvalue weighted by molar-refractivity contribution is 6.08. The second-order valence-corrected chi connectivity index (χ2v) is 7.97. The second kappa shape index (κ2) is 7.35. The van der Waals surface area contributed by atoms with Crippen molar-refractivity contribution in [1.82, 2.24) is 14.9 Å². The lowest BCUT2D eigenvalue weighted by Crippen LogP contribution is -2.46. The molecular weight excluding hydrogens is 364 g/mol. The molecule has 2 N–H and O–H groups in total. The number of anilines is 1. The van der Waals surface area contributed by atoms with Gasteiger partial charge in [-0.2, -0.15) is 0 Å². The quantitative estimate of drug-likeness (QED) is 0.842. The van der Waals surface area contributed by atoms with Crippen LogP contribution in [0, 0.1) is 5.92 Å². The van der Waals surface area contributed by atoms with Crippen molar-refractivity contribution in [3.63, 3.8) is 0 Å². The van der Waals surface area contributed by atoms with Crippen LogP contribution in [0.15, 0.2) is 48.8 Å². The van der Waals surface area contributed by atoms with Crippen molar-refractivity contribution >= 4 is 17.4 Å². The van der Waals surface area contributed by atoms with E-state index in [9.17, 15) is 9.59 Å². The largest absolute Gasteiger partial charge is 0.376 e. The van der Waals surface area contributed by atoms with Gasteiger partial charge in [0.1, 0.15) is 0 Å². The van der Waals surface area contributed by atoms with Gasteiger partial charge in [0.2, 0.25) is 5.91 Å². The van der Waals surface area contributed by atoms with Crippen LogP contribution in [0.1, 0.15) is 35.3 Å². The normalized spacial score (nSPS) is 22.9.